The van der Waals surface area contributed by atoms with E-state index in [9.17, 15) is 0 Å². The van der Waals surface area contributed by atoms with Crippen LogP contribution in [0.3, 0.4) is 0 Å². The number of hydrogen-bond acceptors (Lipinski definition) is 3. The maximum absolute atomic E-state index is 6.05. The molecule has 116 valence electrons. The Kier molecular flexibility index (Phi) is 6.02. The van der Waals surface area contributed by atoms with Gasteiger partial charge in [-0.15, -0.1) is 0 Å². The number of rotatable bonds is 5. The van der Waals surface area contributed by atoms with Crippen LogP contribution >= 0.6 is 0 Å². The van der Waals surface area contributed by atoms with Gasteiger partial charge in [0.05, 0.1) is 19.8 Å². The van der Waals surface area contributed by atoms with Crippen molar-refractivity contribution in [2.75, 3.05) is 39.9 Å². The van der Waals surface area contributed by atoms with Gasteiger partial charge in [0.1, 0.15) is 0 Å². The van der Waals surface area contributed by atoms with Crippen LogP contribution in [0, 0.1) is 0 Å². The SMILES string of the molecule is CC(CN=C(N)N1CCOCC1)N(C)Cc1ccccc1. The van der Waals surface area contributed by atoms with E-state index in [1.165, 1.54) is 5.56 Å². The molecule has 0 spiro atoms. The minimum Gasteiger partial charge on any atom is -0.378 e. The Balaban J connectivity index is 1.81. The number of hydrogen-bond donors (Lipinski definition) is 1. The fraction of sp³-hybridized carbons (Fsp3) is 0.562. The lowest BCUT2D eigenvalue weighted by molar-refractivity contribution is 0.0673. The summed E-state index contributed by atoms with van der Waals surface area (Å²) in [6.45, 7) is 6.97. The second kappa shape index (κ2) is 8.00. The van der Waals surface area contributed by atoms with E-state index in [1.807, 2.05) is 6.07 Å². The normalized spacial score (nSPS) is 18.0. The third-order valence-electron chi connectivity index (χ3n) is 3.88. The molecule has 5 nitrogen and oxygen atoms in total. The van der Waals surface area contributed by atoms with Crippen LogP contribution in [0.1, 0.15) is 12.5 Å². The van der Waals surface area contributed by atoms with Gasteiger partial charge in [0, 0.05) is 25.7 Å². The predicted octanol–water partition coefficient (Wildman–Crippen LogP) is 1.15. The minimum absolute atomic E-state index is 0.352. The van der Waals surface area contributed by atoms with Crippen LogP contribution in [0.5, 0.6) is 0 Å². The molecule has 21 heavy (non-hydrogen) atoms. The Morgan fingerprint density at radius 2 is 2.00 bits per heavy atom. The summed E-state index contributed by atoms with van der Waals surface area (Å²) in [5.41, 5.74) is 7.37. The number of likely N-dealkylation sites (N-methyl/N-ethyl adjacent to an activating group) is 1. The molecule has 2 rings (SSSR count). The monoisotopic (exact) mass is 290 g/mol. The van der Waals surface area contributed by atoms with E-state index < -0.39 is 0 Å². The first-order valence-corrected chi connectivity index (χ1v) is 7.53. The van der Waals surface area contributed by atoms with Crippen LogP contribution in [0.2, 0.25) is 0 Å². The molecule has 1 saturated heterocycles. The average Bonchev–Trinajstić information content (AvgIpc) is 2.54. The van der Waals surface area contributed by atoms with E-state index in [0.717, 1.165) is 32.8 Å². The van der Waals surface area contributed by atoms with Crippen LogP contribution < -0.4 is 5.73 Å². The Hall–Kier alpha value is -1.59. The minimum atomic E-state index is 0.352. The first-order chi connectivity index (χ1) is 10.2. The molecule has 1 aromatic carbocycles. The molecule has 1 aromatic rings. The van der Waals surface area contributed by atoms with E-state index in [0.29, 0.717) is 18.5 Å². The number of aliphatic imine (C=N–C) groups is 1. The molecule has 5 heteroatoms. The molecule has 0 bridgehead atoms. The molecule has 1 atom stereocenters. The number of ether oxygens (including phenoxy) is 1. The number of nitrogens with zero attached hydrogens (tertiary/aromatic N) is 3. The van der Waals surface area contributed by atoms with Crippen molar-refractivity contribution in [3.8, 4) is 0 Å². The molecule has 1 aliphatic rings. The average molecular weight is 290 g/mol. The lowest BCUT2D eigenvalue weighted by atomic mass is 10.2. The number of morpholine rings is 1. The lowest BCUT2D eigenvalue weighted by Crippen LogP contribution is -2.45. The van der Waals surface area contributed by atoms with Crippen molar-refractivity contribution in [1.82, 2.24) is 9.80 Å². The van der Waals surface area contributed by atoms with Gasteiger partial charge in [-0.25, -0.2) is 0 Å². The molecule has 0 aliphatic carbocycles. The predicted molar refractivity (Wildman–Crippen MR) is 86.3 cm³/mol. The maximum Gasteiger partial charge on any atom is 0.191 e. The quantitative estimate of drug-likeness (QED) is 0.653. The van der Waals surface area contributed by atoms with Gasteiger partial charge >= 0.3 is 0 Å². The Labute approximate surface area is 127 Å². The van der Waals surface area contributed by atoms with E-state index in [-0.39, 0.29) is 0 Å². The van der Waals surface area contributed by atoms with Crippen molar-refractivity contribution in [3.05, 3.63) is 35.9 Å². The molecular formula is C16H26N4O. The van der Waals surface area contributed by atoms with Crippen molar-refractivity contribution < 1.29 is 4.74 Å². The van der Waals surface area contributed by atoms with Crippen molar-refractivity contribution >= 4 is 5.96 Å². The summed E-state index contributed by atoms with van der Waals surface area (Å²) in [5, 5.41) is 0. The summed E-state index contributed by atoms with van der Waals surface area (Å²) >= 11 is 0. The molecule has 0 amide bonds. The van der Waals surface area contributed by atoms with Gasteiger partial charge in [0.15, 0.2) is 5.96 Å². The number of benzene rings is 1. The molecule has 1 unspecified atom stereocenters. The van der Waals surface area contributed by atoms with Crippen molar-refractivity contribution in [3.63, 3.8) is 0 Å². The highest BCUT2D eigenvalue weighted by atomic mass is 16.5. The molecule has 0 saturated carbocycles. The van der Waals surface area contributed by atoms with Crippen LogP contribution in [-0.2, 0) is 11.3 Å². The zero-order chi connectivity index (χ0) is 15.1. The Morgan fingerprint density at radius 1 is 1.33 bits per heavy atom. The van der Waals surface area contributed by atoms with Crippen LogP contribution in [-0.4, -0.2) is 61.7 Å². The highest BCUT2D eigenvalue weighted by Gasteiger charge is 2.13. The largest absolute Gasteiger partial charge is 0.378 e. The summed E-state index contributed by atoms with van der Waals surface area (Å²) in [5.74, 6) is 0.637. The topological polar surface area (TPSA) is 54.1 Å². The highest BCUT2D eigenvalue weighted by Crippen LogP contribution is 2.06. The van der Waals surface area contributed by atoms with Crippen LogP contribution in [0.15, 0.2) is 35.3 Å². The molecule has 2 N–H and O–H groups in total. The smallest absolute Gasteiger partial charge is 0.191 e. The van der Waals surface area contributed by atoms with Gasteiger partial charge in [0.2, 0.25) is 0 Å². The second-order valence-electron chi connectivity index (χ2n) is 5.55. The van der Waals surface area contributed by atoms with Crippen molar-refractivity contribution in [2.45, 2.75) is 19.5 Å². The summed E-state index contributed by atoms with van der Waals surface area (Å²) < 4.78 is 5.32. The van der Waals surface area contributed by atoms with Gasteiger partial charge in [-0.1, -0.05) is 30.3 Å². The van der Waals surface area contributed by atoms with E-state index in [4.69, 9.17) is 10.5 Å². The Morgan fingerprint density at radius 3 is 2.67 bits per heavy atom. The lowest BCUT2D eigenvalue weighted by Gasteiger charge is -2.28. The first kappa shape index (κ1) is 15.8. The Bertz CT molecular complexity index is 443. The van der Waals surface area contributed by atoms with Gasteiger partial charge in [-0.3, -0.25) is 9.89 Å². The zero-order valence-electron chi connectivity index (χ0n) is 13.0. The van der Waals surface area contributed by atoms with Crippen molar-refractivity contribution in [2.24, 2.45) is 10.7 Å². The molecule has 0 aromatic heterocycles. The van der Waals surface area contributed by atoms with Gasteiger partial charge < -0.3 is 15.4 Å². The molecule has 1 aliphatic heterocycles. The number of guanidine groups is 1. The van der Waals surface area contributed by atoms with E-state index >= 15 is 0 Å². The number of nitrogens with two attached hydrogens (primary N) is 1. The van der Waals surface area contributed by atoms with Crippen molar-refractivity contribution in [1.29, 1.82) is 0 Å². The summed E-state index contributed by atoms with van der Waals surface area (Å²) in [7, 11) is 2.12. The first-order valence-electron chi connectivity index (χ1n) is 7.53. The fourth-order valence-corrected chi connectivity index (χ4v) is 2.28. The third-order valence-corrected chi connectivity index (χ3v) is 3.88. The fourth-order valence-electron chi connectivity index (χ4n) is 2.28. The molecular weight excluding hydrogens is 264 g/mol. The third kappa shape index (κ3) is 5.02. The standard InChI is InChI=1S/C16H26N4O/c1-14(19(2)13-15-6-4-3-5-7-15)12-18-16(17)20-8-10-21-11-9-20/h3-7,14H,8-13H2,1-2H3,(H2,17,18). The summed E-state index contributed by atoms with van der Waals surface area (Å²) in [6.07, 6.45) is 0. The summed E-state index contributed by atoms with van der Waals surface area (Å²) in [4.78, 5) is 8.92. The second-order valence-corrected chi connectivity index (χ2v) is 5.55. The maximum atomic E-state index is 6.05. The van der Waals surface area contributed by atoms with Crippen LogP contribution in [0.25, 0.3) is 0 Å². The van der Waals surface area contributed by atoms with Gasteiger partial charge in [-0.05, 0) is 19.5 Å². The molecule has 1 fully saturated rings. The van der Waals surface area contributed by atoms with E-state index in [1.54, 1.807) is 0 Å². The van der Waals surface area contributed by atoms with Crippen LogP contribution in [0.4, 0.5) is 0 Å². The molecule has 0 radical (unpaired) electrons. The molecule has 1 heterocycles. The van der Waals surface area contributed by atoms with E-state index in [2.05, 4.69) is 53.0 Å². The van der Waals surface area contributed by atoms with Gasteiger partial charge in [-0.2, -0.15) is 0 Å². The van der Waals surface area contributed by atoms with Gasteiger partial charge in [0.25, 0.3) is 0 Å². The highest BCUT2D eigenvalue weighted by molar-refractivity contribution is 5.78. The summed E-state index contributed by atoms with van der Waals surface area (Å²) in [6, 6.07) is 10.8. The zero-order valence-corrected chi connectivity index (χ0v) is 13.0.